The molecular formula is C18H30O2. The molecule has 0 N–H and O–H groups in total. The van der Waals surface area contributed by atoms with Crippen molar-refractivity contribution < 1.29 is 9.47 Å². The molecule has 0 heterocycles. The Bertz CT molecular complexity index is 436. The largest absolute Gasteiger partial charge is 0.484 e. The molecule has 1 aromatic carbocycles. The molecule has 0 saturated carbocycles. The first-order valence-electron chi connectivity index (χ1n) is 7.54. The molecule has 1 rings (SSSR count). The van der Waals surface area contributed by atoms with Crippen molar-refractivity contribution in [3.05, 3.63) is 23.8 Å². The van der Waals surface area contributed by atoms with E-state index in [9.17, 15) is 0 Å². The van der Waals surface area contributed by atoms with E-state index in [0.29, 0.717) is 5.92 Å². The Morgan fingerprint density at radius 2 is 1.40 bits per heavy atom. The highest BCUT2D eigenvalue weighted by atomic mass is 16.5. The van der Waals surface area contributed by atoms with Crippen LogP contribution in [0.25, 0.3) is 0 Å². The highest BCUT2D eigenvalue weighted by Crippen LogP contribution is 2.36. The van der Waals surface area contributed by atoms with Crippen LogP contribution in [0.15, 0.2) is 18.2 Å². The zero-order valence-corrected chi connectivity index (χ0v) is 14.3. The molecule has 0 bridgehead atoms. The van der Waals surface area contributed by atoms with Gasteiger partial charge < -0.3 is 9.47 Å². The van der Waals surface area contributed by atoms with E-state index in [4.69, 9.17) is 9.47 Å². The maximum absolute atomic E-state index is 6.09. The van der Waals surface area contributed by atoms with Crippen LogP contribution in [0, 0.1) is 0 Å². The summed E-state index contributed by atoms with van der Waals surface area (Å²) in [7, 11) is 0. The zero-order valence-electron chi connectivity index (χ0n) is 14.3. The molecule has 2 heteroatoms. The molecule has 0 saturated heterocycles. The lowest BCUT2D eigenvalue weighted by Gasteiger charge is -2.28. The van der Waals surface area contributed by atoms with E-state index in [1.54, 1.807) is 0 Å². The van der Waals surface area contributed by atoms with Crippen LogP contribution in [0.4, 0.5) is 0 Å². The number of hydrogen-bond acceptors (Lipinski definition) is 2. The lowest BCUT2D eigenvalue weighted by Crippen LogP contribution is -2.26. The molecule has 0 unspecified atom stereocenters. The van der Waals surface area contributed by atoms with Crippen molar-refractivity contribution in [2.75, 3.05) is 0 Å². The van der Waals surface area contributed by atoms with Gasteiger partial charge in [-0.25, -0.2) is 0 Å². The third-order valence-corrected chi connectivity index (χ3v) is 2.98. The molecule has 1 aromatic rings. The molecule has 114 valence electrons. The molecule has 0 fully saturated rings. The fourth-order valence-electron chi connectivity index (χ4n) is 1.89. The van der Waals surface area contributed by atoms with Gasteiger partial charge in [-0.05, 0) is 71.6 Å². The summed E-state index contributed by atoms with van der Waals surface area (Å²) in [5, 5.41) is 0. The van der Waals surface area contributed by atoms with Crippen molar-refractivity contribution in [1.29, 1.82) is 0 Å². The summed E-state index contributed by atoms with van der Waals surface area (Å²) in [5.41, 5.74) is 0.839. The smallest absolute Gasteiger partial charge is 0.162 e. The Morgan fingerprint density at radius 1 is 0.900 bits per heavy atom. The summed E-state index contributed by atoms with van der Waals surface area (Å²) in [6.45, 7) is 16.8. The van der Waals surface area contributed by atoms with E-state index < -0.39 is 0 Å². The number of ether oxygens (including phenoxy) is 2. The minimum absolute atomic E-state index is 0.228. The van der Waals surface area contributed by atoms with Crippen LogP contribution in [-0.4, -0.2) is 11.2 Å². The maximum Gasteiger partial charge on any atom is 0.162 e. The molecule has 0 aliphatic heterocycles. The van der Waals surface area contributed by atoms with E-state index in [0.717, 1.165) is 17.9 Å². The van der Waals surface area contributed by atoms with Crippen LogP contribution in [0.2, 0.25) is 0 Å². The molecule has 0 spiro atoms. The van der Waals surface area contributed by atoms with Gasteiger partial charge >= 0.3 is 0 Å². The van der Waals surface area contributed by atoms with Gasteiger partial charge in [0.15, 0.2) is 11.5 Å². The Morgan fingerprint density at radius 3 is 1.85 bits per heavy atom. The minimum Gasteiger partial charge on any atom is -0.484 e. The van der Waals surface area contributed by atoms with Gasteiger partial charge in [0.25, 0.3) is 0 Å². The van der Waals surface area contributed by atoms with Crippen LogP contribution in [-0.2, 0) is 0 Å². The van der Waals surface area contributed by atoms with Crippen molar-refractivity contribution in [3.63, 3.8) is 0 Å². The second-order valence-electron chi connectivity index (χ2n) is 7.44. The highest BCUT2D eigenvalue weighted by molar-refractivity contribution is 5.44. The number of rotatable bonds is 4. The first kappa shape index (κ1) is 16.9. The summed E-state index contributed by atoms with van der Waals surface area (Å²) < 4.78 is 12.1. The Labute approximate surface area is 124 Å². The van der Waals surface area contributed by atoms with Crippen molar-refractivity contribution in [2.45, 2.75) is 78.9 Å². The topological polar surface area (TPSA) is 18.5 Å². The van der Waals surface area contributed by atoms with Gasteiger partial charge in [-0.15, -0.1) is 0 Å². The Balaban J connectivity index is 3.16. The third kappa shape index (κ3) is 5.44. The average molecular weight is 278 g/mol. The van der Waals surface area contributed by atoms with Gasteiger partial charge in [-0.1, -0.05) is 19.9 Å². The molecule has 2 nitrogen and oxygen atoms in total. The minimum atomic E-state index is -0.232. The summed E-state index contributed by atoms with van der Waals surface area (Å²) in [6.07, 6.45) is 1.12. The van der Waals surface area contributed by atoms with Gasteiger partial charge in [-0.2, -0.15) is 0 Å². The number of benzene rings is 1. The maximum atomic E-state index is 6.09. The Hall–Kier alpha value is -1.18. The molecule has 0 aliphatic carbocycles. The Kier molecular flexibility index (Phi) is 5.12. The predicted octanol–water partition coefficient (Wildman–Crippen LogP) is 5.55. The van der Waals surface area contributed by atoms with Crippen LogP contribution in [0.1, 0.15) is 73.3 Å². The van der Waals surface area contributed by atoms with E-state index in [1.807, 2.05) is 6.07 Å². The van der Waals surface area contributed by atoms with Crippen LogP contribution >= 0.6 is 0 Å². The third-order valence-electron chi connectivity index (χ3n) is 2.98. The van der Waals surface area contributed by atoms with Crippen LogP contribution in [0.5, 0.6) is 11.5 Å². The predicted molar refractivity (Wildman–Crippen MR) is 85.9 cm³/mol. The average Bonchev–Trinajstić information content (AvgIpc) is 2.26. The molecule has 1 atom stereocenters. The second kappa shape index (κ2) is 6.07. The van der Waals surface area contributed by atoms with Crippen molar-refractivity contribution >= 4 is 0 Å². The molecule has 0 aromatic heterocycles. The summed E-state index contributed by atoms with van der Waals surface area (Å²) in [5.74, 6) is 2.19. The molecule has 20 heavy (non-hydrogen) atoms. The second-order valence-corrected chi connectivity index (χ2v) is 7.44. The van der Waals surface area contributed by atoms with Gasteiger partial charge in [0, 0.05) is 0 Å². The van der Waals surface area contributed by atoms with Crippen molar-refractivity contribution in [1.82, 2.24) is 0 Å². The monoisotopic (exact) mass is 278 g/mol. The van der Waals surface area contributed by atoms with E-state index >= 15 is 0 Å². The fourth-order valence-corrected chi connectivity index (χ4v) is 1.89. The molecule has 0 amide bonds. The fraction of sp³-hybridized carbons (Fsp3) is 0.667. The van der Waals surface area contributed by atoms with Crippen molar-refractivity contribution in [3.8, 4) is 11.5 Å². The van der Waals surface area contributed by atoms with Crippen LogP contribution in [0.3, 0.4) is 0 Å². The highest BCUT2D eigenvalue weighted by Gasteiger charge is 2.20. The zero-order chi connectivity index (χ0) is 15.6. The lowest BCUT2D eigenvalue weighted by molar-refractivity contribution is 0.0956. The molecule has 0 radical (unpaired) electrons. The normalized spacial score (nSPS) is 14.0. The van der Waals surface area contributed by atoms with Crippen molar-refractivity contribution in [2.24, 2.45) is 0 Å². The standard InChI is InChI=1S/C18H30O2/c1-9-13(2)14-10-11-15(19-17(3,4)5)16(12-14)20-18(6,7)8/h10-13H,9H2,1-8H3/t13-/m1/s1. The summed E-state index contributed by atoms with van der Waals surface area (Å²) >= 11 is 0. The van der Waals surface area contributed by atoms with Crippen LogP contribution < -0.4 is 9.47 Å². The quantitative estimate of drug-likeness (QED) is 0.718. The number of hydrogen-bond donors (Lipinski definition) is 0. The molecule has 0 aliphatic rings. The van der Waals surface area contributed by atoms with E-state index in [2.05, 4.69) is 67.5 Å². The lowest BCUT2D eigenvalue weighted by atomic mass is 9.98. The molecular weight excluding hydrogens is 248 g/mol. The van der Waals surface area contributed by atoms with E-state index in [1.165, 1.54) is 5.56 Å². The first-order chi connectivity index (χ1) is 9.02. The van der Waals surface area contributed by atoms with Gasteiger partial charge in [0.2, 0.25) is 0 Å². The summed E-state index contributed by atoms with van der Waals surface area (Å²) in [6, 6.07) is 6.30. The summed E-state index contributed by atoms with van der Waals surface area (Å²) in [4.78, 5) is 0. The van der Waals surface area contributed by atoms with Gasteiger partial charge in [0.1, 0.15) is 11.2 Å². The van der Waals surface area contributed by atoms with Gasteiger partial charge in [0.05, 0.1) is 0 Å². The first-order valence-corrected chi connectivity index (χ1v) is 7.54. The van der Waals surface area contributed by atoms with Gasteiger partial charge in [-0.3, -0.25) is 0 Å². The SMILES string of the molecule is CC[C@@H](C)c1ccc(OC(C)(C)C)c(OC(C)(C)C)c1. The van der Waals surface area contributed by atoms with E-state index in [-0.39, 0.29) is 11.2 Å².